The molecule has 19 heavy (non-hydrogen) atoms. The molecule has 0 aromatic carbocycles. The highest BCUT2D eigenvalue weighted by Crippen LogP contribution is 2.26. The zero-order valence-corrected chi connectivity index (χ0v) is 12.3. The Morgan fingerprint density at radius 3 is 2.89 bits per heavy atom. The van der Waals surface area contributed by atoms with E-state index in [1.54, 1.807) is 0 Å². The van der Waals surface area contributed by atoms with Gasteiger partial charge in [-0.05, 0) is 32.4 Å². The van der Waals surface area contributed by atoms with Crippen LogP contribution in [0.15, 0.2) is 6.20 Å². The van der Waals surface area contributed by atoms with E-state index in [2.05, 4.69) is 40.6 Å². The van der Waals surface area contributed by atoms with Crippen LogP contribution >= 0.6 is 0 Å². The third-order valence-corrected chi connectivity index (χ3v) is 3.62. The van der Waals surface area contributed by atoms with Gasteiger partial charge in [0.05, 0.1) is 12.2 Å². The van der Waals surface area contributed by atoms with Gasteiger partial charge >= 0.3 is 0 Å². The fraction of sp³-hybridized carbons (Fsp3) is 0.857. The number of hydrogen-bond acceptors (Lipinski definition) is 4. The molecular formula is C14H27N5. The van der Waals surface area contributed by atoms with Crippen molar-refractivity contribution in [3.8, 4) is 0 Å². The molecule has 0 unspecified atom stereocenters. The van der Waals surface area contributed by atoms with Crippen molar-refractivity contribution in [1.82, 2.24) is 25.2 Å². The normalized spacial score (nSPS) is 15.3. The summed E-state index contributed by atoms with van der Waals surface area (Å²) in [4.78, 5) is 2.62. The molecule has 0 spiro atoms. The number of nitrogens with zero attached hydrogens (tertiary/aromatic N) is 4. The average molecular weight is 265 g/mol. The van der Waals surface area contributed by atoms with Gasteiger partial charge in [-0.25, -0.2) is 0 Å². The van der Waals surface area contributed by atoms with E-state index in [-0.39, 0.29) is 0 Å². The van der Waals surface area contributed by atoms with Crippen LogP contribution in [0.5, 0.6) is 0 Å². The summed E-state index contributed by atoms with van der Waals surface area (Å²) in [5.74, 6) is 0. The van der Waals surface area contributed by atoms with Crippen LogP contribution in [0.2, 0.25) is 0 Å². The molecule has 0 saturated heterocycles. The predicted molar refractivity (Wildman–Crippen MR) is 76.9 cm³/mol. The fourth-order valence-corrected chi connectivity index (χ4v) is 2.29. The summed E-state index contributed by atoms with van der Waals surface area (Å²) >= 11 is 0. The zero-order chi connectivity index (χ0) is 13.5. The molecule has 5 nitrogen and oxygen atoms in total. The quantitative estimate of drug-likeness (QED) is 0.699. The summed E-state index contributed by atoms with van der Waals surface area (Å²) in [6.45, 7) is 9.45. The Balaban J connectivity index is 1.74. The van der Waals surface area contributed by atoms with Crippen molar-refractivity contribution >= 4 is 0 Å². The monoisotopic (exact) mass is 265 g/mol. The van der Waals surface area contributed by atoms with Gasteiger partial charge < -0.3 is 5.32 Å². The zero-order valence-electron chi connectivity index (χ0n) is 12.3. The molecule has 2 rings (SSSR count). The molecule has 1 fully saturated rings. The highest BCUT2D eigenvalue weighted by atomic mass is 15.4. The first-order chi connectivity index (χ1) is 9.33. The van der Waals surface area contributed by atoms with Crippen LogP contribution in [0, 0.1) is 0 Å². The van der Waals surface area contributed by atoms with Crippen molar-refractivity contribution < 1.29 is 0 Å². The molecule has 0 amide bonds. The smallest absolute Gasteiger partial charge is 0.0964 e. The highest BCUT2D eigenvalue weighted by molar-refractivity contribution is 4.91. The number of aromatic nitrogens is 3. The van der Waals surface area contributed by atoms with E-state index in [0.29, 0.717) is 0 Å². The second-order valence-electron chi connectivity index (χ2n) is 5.37. The van der Waals surface area contributed by atoms with E-state index < -0.39 is 0 Å². The molecule has 1 N–H and O–H groups in total. The molecule has 5 heteroatoms. The minimum atomic E-state index is 0.818. The number of hydrogen-bond donors (Lipinski definition) is 1. The molecule has 0 aliphatic heterocycles. The summed E-state index contributed by atoms with van der Waals surface area (Å²) in [5, 5.41) is 11.7. The first-order valence-corrected chi connectivity index (χ1v) is 7.67. The molecule has 1 aliphatic carbocycles. The van der Waals surface area contributed by atoms with Crippen LogP contribution in [0.25, 0.3) is 0 Å². The Labute approximate surface area is 116 Å². The van der Waals surface area contributed by atoms with Gasteiger partial charge in [-0.2, -0.15) is 0 Å². The molecule has 1 aliphatic rings. The average Bonchev–Trinajstić information content (AvgIpc) is 3.16. The van der Waals surface area contributed by atoms with Crippen molar-refractivity contribution in [2.45, 2.75) is 58.7 Å². The van der Waals surface area contributed by atoms with Crippen LogP contribution in [-0.4, -0.2) is 45.6 Å². The molecule has 1 heterocycles. The van der Waals surface area contributed by atoms with Crippen molar-refractivity contribution in [3.05, 3.63) is 11.9 Å². The van der Waals surface area contributed by atoms with Crippen molar-refractivity contribution in [3.63, 3.8) is 0 Å². The maximum atomic E-state index is 4.20. The lowest BCUT2D eigenvalue weighted by Gasteiger charge is -2.21. The van der Waals surface area contributed by atoms with Gasteiger partial charge in [0.1, 0.15) is 0 Å². The second kappa shape index (κ2) is 7.60. The molecule has 1 aromatic heterocycles. The summed E-state index contributed by atoms with van der Waals surface area (Å²) in [6.07, 6.45) is 7.41. The van der Waals surface area contributed by atoms with E-state index in [1.807, 2.05) is 4.68 Å². The fourth-order valence-electron chi connectivity index (χ4n) is 2.29. The Kier molecular flexibility index (Phi) is 5.79. The minimum absolute atomic E-state index is 0.818. The van der Waals surface area contributed by atoms with Crippen LogP contribution < -0.4 is 5.32 Å². The SMILES string of the molecule is CCCCN(CCn1cc(CNCC)nn1)C1CC1. The molecule has 108 valence electrons. The Hall–Kier alpha value is -0.940. The third-order valence-electron chi connectivity index (χ3n) is 3.62. The van der Waals surface area contributed by atoms with Gasteiger partial charge in [0.25, 0.3) is 0 Å². The van der Waals surface area contributed by atoms with Gasteiger partial charge in [-0.3, -0.25) is 9.58 Å². The lowest BCUT2D eigenvalue weighted by molar-refractivity contribution is 0.244. The molecular weight excluding hydrogens is 238 g/mol. The Bertz CT molecular complexity index is 358. The summed E-state index contributed by atoms with van der Waals surface area (Å²) < 4.78 is 1.98. The van der Waals surface area contributed by atoms with E-state index >= 15 is 0 Å². The minimum Gasteiger partial charge on any atom is -0.311 e. The van der Waals surface area contributed by atoms with Gasteiger partial charge in [0.2, 0.25) is 0 Å². The molecule has 1 saturated carbocycles. The van der Waals surface area contributed by atoms with Crippen molar-refractivity contribution in [1.29, 1.82) is 0 Å². The number of rotatable bonds is 10. The summed E-state index contributed by atoms with van der Waals surface area (Å²) in [7, 11) is 0. The van der Waals surface area contributed by atoms with Crippen molar-refractivity contribution in [2.75, 3.05) is 19.6 Å². The van der Waals surface area contributed by atoms with Gasteiger partial charge in [0, 0.05) is 25.3 Å². The maximum Gasteiger partial charge on any atom is 0.0964 e. The van der Waals surface area contributed by atoms with Gasteiger partial charge in [-0.15, -0.1) is 5.10 Å². The van der Waals surface area contributed by atoms with Crippen LogP contribution in [0.1, 0.15) is 45.2 Å². The largest absolute Gasteiger partial charge is 0.311 e. The second-order valence-corrected chi connectivity index (χ2v) is 5.37. The van der Waals surface area contributed by atoms with E-state index in [4.69, 9.17) is 0 Å². The molecule has 0 atom stereocenters. The van der Waals surface area contributed by atoms with E-state index in [0.717, 1.165) is 37.9 Å². The van der Waals surface area contributed by atoms with Crippen molar-refractivity contribution in [2.24, 2.45) is 0 Å². The Morgan fingerprint density at radius 1 is 1.37 bits per heavy atom. The predicted octanol–water partition coefficient (Wildman–Crippen LogP) is 1.65. The first-order valence-electron chi connectivity index (χ1n) is 7.67. The van der Waals surface area contributed by atoms with Gasteiger partial charge in [0.15, 0.2) is 0 Å². The van der Waals surface area contributed by atoms with Crippen LogP contribution in [0.4, 0.5) is 0 Å². The van der Waals surface area contributed by atoms with Crippen LogP contribution in [0.3, 0.4) is 0 Å². The maximum absolute atomic E-state index is 4.20. The van der Waals surface area contributed by atoms with Gasteiger partial charge in [-0.1, -0.05) is 25.5 Å². The Morgan fingerprint density at radius 2 is 2.21 bits per heavy atom. The van der Waals surface area contributed by atoms with E-state index in [1.165, 1.54) is 32.2 Å². The summed E-state index contributed by atoms with van der Waals surface area (Å²) in [5.41, 5.74) is 1.04. The standard InChI is InChI=1S/C14H27N5/c1-3-5-8-18(14-6-7-14)9-10-19-12-13(16-17-19)11-15-4-2/h12,14-15H,3-11H2,1-2H3. The lowest BCUT2D eigenvalue weighted by Crippen LogP contribution is -2.30. The third kappa shape index (κ3) is 4.91. The van der Waals surface area contributed by atoms with E-state index in [9.17, 15) is 0 Å². The number of nitrogens with one attached hydrogen (secondary N) is 1. The number of unbranched alkanes of at least 4 members (excludes halogenated alkanes) is 1. The highest BCUT2D eigenvalue weighted by Gasteiger charge is 2.28. The first kappa shape index (κ1) is 14.5. The molecule has 0 bridgehead atoms. The summed E-state index contributed by atoms with van der Waals surface area (Å²) in [6, 6.07) is 0.844. The topological polar surface area (TPSA) is 46.0 Å². The lowest BCUT2D eigenvalue weighted by atomic mass is 10.3. The molecule has 1 aromatic rings. The molecule has 0 radical (unpaired) electrons. The van der Waals surface area contributed by atoms with Crippen LogP contribution in [-0.2, 0) is 13.1 Å².